The summed E-state index contributed by atoms with van der Waals surface area (Å²) in [6.07, 6.45) is 3.59. The molecule has 0 aromatic carbocycles. The van der Waals surface area contributed by atoms with Crippen LogP contribution in [-0.4, -0.2) is 34.5 Å². The summed E-state index contributed by atoms with van der Waals surface area (Å²) in [6.45, 7) is 3.74. The summed E-state index contributed by atoms with van der Waals surface area (Å²) in [7, 11) is 0. The zero-order valence-corrected chi connectivity index (χ0v) is 10.4. The molecule has 1 aromatic rings. The number of hydrogen-bond acceptors (Lipinski definition) is 6. The molecule has 6 heteroatoms. The number of nitrogen functional groups attached to an aromatic ring is 1. The number of nitrogens with zero attached hydrogens (tertiary/aromatic N) is 4. The van der Waals surface area contributed by atoms with E-state index in [4.69, 9.17) is 11.1 Å². The summed E-state index contributed by atoms with van der Waals surface area (Å²) in [5.41, 5.74) is 7.51. The van der Waals surface area contributed by atoms with Crippen LogP contribution >= 0.6 is 0 Å². The molecule has 0 radical (unpaired) electrons. The highest BCUT2D eigenvalue weighted by Gasteiger charge is 2.25. The number of piperidine rings is 1. The van der Waals surface area contributed by atoms with Gasteiger partial charge in [0.15, 0.2) is 5.82 Å². The normalized spacial score (nSPS) is 18.8. The number of rotatable bonds is 1. The number of nitrogens with two attached hydrogens (primary N) is 1. The fourth-order valence-electron chi connectivity index (χ4n) is 2.41. The highest BCUT2D eigenvalue weighted by Crippen LogP contribution is 2.31. The van der Waals surface area contributed by atoms with Crippen LogP contribution in [0.2, 0.25) is 0 Å². The van der Waals surface area contributed by atoms with E-state index in [-0.39, 0.29) is 0 Å². The molecule has 18 heavy (non-hydrogen) atoms. The smallest absolute Gasteiger partial charge is 0.229 e. The summed E-state index contributed by atoms with van der Waals surface area (Å²) in [5, 5.41) is 7.89. The topological polar surface area (TPSA) is 91.2 Å². The number of hydrogen-bond donors (Lipinski definition) is 2. The zero-order valence-electron chi connectivity index (χ0n) is 10.4. The van der Waals surface area contributed by atoms with E-state index in [9.17, 15) is 0 Å². The molecule has 0 amide bonds. The number of nitrogens with one attached hydrogen (secondary N) is 1. The van der Waals surface area contributed by atoms with E-state index in [0.717, 1.165) is 13.1 Å². The van der Waals surface area contributed by atoms with Crippen molar-refractivity contribution in [2.24, 2.45) is 4.99 Å². The fourth-order valence-corrected chi connectivity index (χ4v) is 2.41. The minimum absolute atomic E-state index is 0.340. The molecule has 2 aliphatic rings. The average Bonchev–Trinajstić information content (AvgIpc) is 2.66. The van der Waals surface area contributed by atoms with Crippen LogP contribution in [0.4, 0.5) is 17.6 Å². The molecule has 3 heterocycles. The van der Waals surface area contributed by atoms with Crippen LogP contribution in [0, 0.1) is 5.41 Å². The van der Waals surface area contributed by atoms with E-state index >= 15 is 0 Å². The lowest BCUT2D eigenvalue weighted by Gasteiger charge is -2.26. The third-order valence-corrected chi connectivity index (χ3v) is 3.43. The van der Waals surface area contributed by atoms with Gasteiger partial charge >= 0.3 is 0 Å². The number of aromatic nitrogens is 2. The van der Waals surface area contributed by atoms with Crippen molar-refractivity contribution in [1.29, 1.82) is 5.41 Å². The Morgan fingerprint density at radius 3 is 2.61 bits per heavy atom. The Morgan fingerprint density at radius 1 is 1.17 bits per heavy atom. The van der Waals surface area contributed by atoms with Gasteiger partial charge in [-0.2, -0.15) is 9.97 Å². The van der Waals surface area contributed by atoms with Gasteiger partial charge in [-0.25, -0.2) is 4.99 Å². The van der Waals surface area contributed by atoms with Crippen molar-refractivity contribution in [1.82, 2.24) is 9.97 Å². The van der Waals surface area contributed by atoms with Crippen LogP contribution in [0.1, 0.15) is 31.7 Å². The molecular weight excluding hydrogens is 228 g/mol. The van der Waals surface area contributed by atoms with Crippen molar-refractivity contribution >= 4 is 29.0 Å². The summed E-state index contributed by atoms with van der Waals surface area (Å²) in [6, 6.07) is 0. The number of aliphatic imine (C=N–C) groups is 1. The first-order valence-electron chi connectivity index (χ1n) is 6.24. The molecule has 0 saturated carbocycles. The molecule has 1 aromatic heterocycles. The molecule has 2 aliphatic heterocycles. The SMILES string of the molecule is CC1=Nc2nc(N3CCCCC3)nc(N)c2C1=N. The van der Waals surface area contributed by atoms with Crippen LogP contribution in [-0.2, 0) is 0 Å². The number of anilines is 2. The van der Waals surface area contributed by atoms with Crippen LogP contribution in [0.3, 0.4) is 0 Å². The minimum Gasteiger partial charge on any atom is -0.383 e. The first-order chi connectivity index (χ1) is 8.66. The lowest BCUT2D eigenvalue weighted by molar-refractivity contribution is 0.568. The van der Waals surface area contributed by atoms with Crippen LogP contribution in [0.5, 0.6) is 0 Å². The van der Waals surface area contributed by atoms with Gasteiger partial charge in [0.1, 0.15) is 5.82 Å². The van der Waals surface area contributed by atoms with Gasteiger partial charge in [-0.15, -0.1) is 0 Å². The van der Waals surface area contributed by atoms with Crippen LogP contribution in [0.15, 0.2) is 4.99 Å². The van der Waals surface area contributed by atoms with Crippen molar-refractivity contribution in [3.05, 3.63) is 5.56 Å². The second kappa shape index (κ2) is 4.04. The first-order valence-corrected chi connectivity index (χ1v) is 6.24. The molecule has 0 unspecified atom stereocenters. The molecule has 1 saturated heterocycles. The van der Waals surface area contributed by atoms with Crippen LogP contribution < -0.4 is 10.6 Å². The van der Waals surface area contributed by atoms with Gasteiger partial charge in [0.25, 0.3) is 0 Å². The predicted molar refractivity (Wildman–Crippen MR) is 72.1 cm³/mol. The van der Waals surface area contributed by atoms with E-state index in [1.54, 1.807) is 6.92 Å². The van der Waals surface area contributed by atoms with E-state index in [1.165, 1.54) is 19.3 Å². The Labute approximate surface area is 105 Å². The van der Waals surface area contributed by atoms with E-state index < -0.39 is 0 Å². The largest absolute Gasteiger partial charge is 0.383 e. The predicted octanol–water partition coefficient (Wildman–Crippen LogP) is 1.52. The second-order valence-corrected chi connectivity index (χ2v) is 4.73. The Bertz CT molecular complexity index is 542. The van der Waals surface area contributed by atoms with Gasteiger partial charge in [-0.3, -0.25) is 5.41 Å². The van der Waals surface area contributed by atoms with E-state index in [2.05, 4.69) is 19.9 Å². The van der Waals surface area contributed by atoms with E-state index in [0.29, 0.717) is 34.6 Å². The van der Waals surface area contributed by atoms with Crippen molar-refractivity contribution in [3.63, 3.8) is 0 Å². The Hall–Kier alpha value is -1.98. The first kappa shape index (κ1) is 11.1. The summed E-state index contributed by atoms with van der Waals surface area (Å²) in [4.78, 5) is 15.2. The highest BCUT2D eigenvalue weighted by molar-refractivity contribution is 6.51. The van der Waals surface area contributed by atoms with Gasteiger partial charge in [0.05, 0.1) is 17.0 Å². The molecule has 94 valence electrons. The summed E-state index contributed by atoms with van der Waals surface area (Å²) >= 11 is 0. The maximum absolute atomic E-state index is 7.89. The van der Waals surface area contributed by atoms with Gasteiger partial charge in [-0.1, -0.05) is 0 Å². The third-order valence-electron chi connectivity index (χ3n) is 3.43. The lowest BCUT2D eigenvalue weighted by Crippen LogP contribution is -2.31. The minimum atomic E-state index is 0.340. The monoisotopic (exact) mass is 244 g/mol. The summed E-state index contributed by atoms with van der Waals surface area (Å²) in [5.74, 6) is 1.56. The average molecular weight is 244 g/mol. The Morgan fingerprint density at radius 2 is 1.89 bits per heavy atom. The zero-order chi connectivity index (χ0) is 12.7. The quantitative estimate of drug-likeness (QED) is 0.783. The van der Waals surface area contributed by atoms with Gasteiger partial charge in [0, 0.05) is 13.1 Å². The maximum Gasteiger partial charge on any atom is 0.229 e. The van der Waals surface area contributed by atoms with Crippen molar-refractivity contribution < 1.29 is 0 Å². The standard InChI is InChI=1S/C12H16N6/c1-7-9(13)8-10(14)16-12(17-11(8)15-7)18-5-3-2-4-6-18/h13H,2-6H2,1H3,(H2,14,16,17). The molecule has 0 spiro atoms. The molecular formula is C12H16N6. The summed E-state index contributed by atoms with van der Waals surface area (Å²) < 4.78 is 0. The molecule has 0 bridgehead atoms. The fraction of sp³-hybridized carbons (Fsp3) is 0.500. The molecule has 6 nitrogen and oxygen atoms in total. The van der Waals surface area contributed by atoms with Gasteiger partial charge in [-0.05, 0) is 26.2 Å². The lowest BCUT2D eigenvalue weighted by atomic mass is 10.1. The molecule has 0 atom stereocenters. The molecule has 0 aliphatic carbocycles. The number of fused-ring (bicyclic) bond motifs is 1. The van der Waals surface area contributed by atoms with E-state index in [1.807, 2.05) is 0 Å². The van der Waals surface area contributed by atoms with Crippen molar-refractivity contribution in [2.75, 3.05) is 23.7 Å². The van der Waals surface area contributed by atoms with Crippen LogP contribution in [0.25, 0.3) is 0 Å². The maximum atomic E-state index is 7.89. The Kier molecular flexibility index (Phi) is 2.50. The molecule has 3 N–H and O–H groups in total. The highest BCUT2D eigenvalue weighted by atomic mass is 15.3. The molecule has 1 fully saturated rings. The van der Waals surface area contributed by atoms with Gasteiger partial charge in [0.2, 0.25) is 5.95 Å². The van der Waals surface area contributed by atoms with Gasteiger partial charge < -0.3 is 10.6 Å². The Balaban J connectivity index is 2.01. The second-order valence-electron chi connectivity index (χ2n) is 4.73. The van der Waals surface area contributed by atoms with Crippen molar-refractivity contribution in [2.45, 2.75) is 26.2 Å². The van der Waals surface area contributed by atoms with Crippen molar-refractivity contribution in [3.8, 4) is 0 Å². The third kappa shape index (κ3) is 1.64. The molecule has 3 rings (SSSR count).